The van der Waals surface area contributed by atoms with Crippen molar-refractivity contribution in [1.29, 1.82) is 0 Å². The monoisotopic (exact) mass is 2150 g/mol. The standard InChI is InChI=1S/C23H25N5O2.C21H20N4O2.C19H16N4O2.C17H15BrN2O2.C13H13BrO4.C9H9BrO.C4H6N2.C4H11NO/c1-23(2,30)15-24-22(29)20-12-18(21-5-4-10-28(21)26-20)11-16-6-8-17(9-7-16)19-13-25-27(3)14-19;1-3-27-21(26)19-12-17(20-5-4-10-25(20)23-19)11-15-6-8-16(9-7-15)18-13-22-24(2)14-18;1-22-12-16(11-20-22)14-6-4-13(5-7-14)9-15-10-17(19(24)25)21-23-8-2-3-18(15)23;1-2-22-17(21)15-11-13(16-4-3-9-20(16)19-15)10-12-5-7-14(18)8-6-12;1-2-18-13(17)12(16)8-11(15)7-9-3-5-10(14)6-4-9;1-7(11)6-8-2-4-9(10)5-3-8;5-6-3-1-2-4-6;1-4(2,6)3-5/h4-10,12-14,30H,11,15H2,1-3H3,(H,24,29);4-10,12-14H,3,11H2,1-2H3;2-8,10-12H,9H2,1H3,(H,24,25);3-9,11H,2,10H2,1H3;3-6H,2,7-8H2,1H3;2-5H,6H2,1H3;1-4H,5H2;6H,3,5H2,1-2H3. The number of hydrogen-bond donors (Lipinski definition) is 6. The van der Waals surface area contributed by atoms with Crippen LogP contribution in [0.1, 0.15) is 159 Å². The van der Waals surface area contributed by atoms with Crippen LogP contribution in [0.25, 0.3) is 55.4 Å². The average Bonchev–Trinajstić information content (AvgIpc) is 1.67. The Kier molecular flexibility index (Phi) is 40.1. The van der Waals surface area contributed by atoms with Gasteiger partial charge in [0.25, 0.3) is 5.91 Å². The van der Waals surface area contributed by atoms with E-state index >= 15 is 0 Å². The summed E-state index contributed by atoms with van der Waals surface area (Å²) >= 11 is 10.1. The third kappa shape index (κ3) is 34.4. The molecule has 0 aliphatic heterocycles. The van der Waals surface area contributed by atoms with Crippen molar-refractivity contribution in [3.05, 3.63) is 397 Å². The minimum atomic E-state index is -1.02. The van der Waals surface area contributed by atoms with Gasteiger partial charge in [-0.2, -0.15) is 35.7 Å². The molecule has 0 radical (unpaired) electrons. The number of carboxylic acid groups (broad SMARTS) is 1. The van der Waals surface area contributed by atoms with E-state index < -0.39 is 47.3 Å². The van der Waals surface area contributed by atoms with Gasteiger partial charge in [0, 0.05) is 133 Å². The van der Waals surface area contributed by atoms with Gasteiger partial charge < -0.3 is 46.4 Å². The highest BCUT2D eigenvalue weighted by molar-refractivity contribution is 9.11. The largest absolute Gasteiger partial charge is 0.476 e. The lowest BCUT2D eigenvalue weighted by Crippen LogP contribution is -2.38. The van der Waals surface area contributed by atoms with Gasteiger partial charge in [-0.15, -0.1) is 0 Å². The van der Waals surface area contributed by atoms with E-state index in [4.69, 9.17) is 26.2 Å². The number of aryl methyl sites for hydroxylation is 3. The Hall–Kier alpha value is -15.5. The quantitative estimate of drug-likeness (QED) is 0.00872. The molecule has 8 N–H and O–H groups in total. The summed E-state index contributed by atoms with van der Waals surface area (Å²) in [5, 5.41) is 60.3. The van der Waals surface area contributed by atoms with Crippen molar-refractivity contribution in [2.24, 2.45) is 26.9 Å². The van der Waals surface area contributed by atoms with Crippen molar-refractivity contribution in [1.82, 2.24) is 77.8 Å². The number of halogens is 3. The summed E-state index contributed by atoms with van der Waals surface area (Å²) in [7, 11) is 5.70. The highest BCUT2D eigenvalue weighted by Crippen LogP contribution is 2.29. The Labute approximate surface area is 864 Å². The molecule has 145 heavy (non-hydrogen) atoms. The number of aromatic carboxylic acids is 1. The van der Waals surface area contributed by atoms with Gasteiger partial charge in [-0.25, -0.2) is 37.2 Å². The van der Waals surface area contributed by atoms with Gasteiger partial charge in [0.1, 0.15) is 17.3 Å². The summed E-state index contributed by atoms with van der Waals surface area (Å²) < 4.78 is 31.3. The van der Waals surface area contributed by atoms with Crippen LogP contribution in [0.2, 0.25) is 0 Å². The number of aromatic nitrogens is 15. The van der Waals surface area contributed by atoms with Crippen LogP contribution in [0.3, 0.4) is 0 Å². The molecule has 0 aliphatic rings. The zero-order chi connectivity index (χ0) is 104. The second-order valence-electron chi connectivity index (χ2n) is 34.8. The highest BCUT2D eigenvalue weighted by atomic mass is 79.9. The number of hydrogen-bond acceptors (Lipinski definition) is 22. The molecule has 0 fully saturated rings. The van der Waals surface area contributed by atoms with Crippen LogP contribution in [-0.4, -0.2) is 179 Å². The second-order valence-corrected chi connectivity index (χ2v) is 37.5. The highest BCUT2D eigenvalue weighted by Gasteiger charge is 2.23. The third-order valence-electron chi connectivity index (χ3n) is 21.6. The molecule has 0 spiro atoms. The van der Waals surface area contributed by atoms with Gasteiger partial charge in [-0.1, -0.05) is 157 Å². The second kappa shape index (κ2) is 53.0. The van der Waals surface area contributed by atoms with Crippen LogP contribution in [-0.2, 0) is 93.1 Å². The molecule has 1 amide bonds. The van der Waals surface area contributed by atoms with Crippen molar-refractivity contribution in [3.63, 3.8) is 0 Å². The molecule has 35 heteroatoms. The predicted octanol–water partition coefficient (Wildman–Crippen LogP) is 17.8. The lowest BCUT2D eigenvalue weighted by atomic mass is 10.0. The number of amides is 1. The van der Waals surface area contributed by atoms with Gasteiger partial charge >= 0.3 is 23.9 Å². The summed E-state index contributed by atoms with van der Waals surface area (Å²) in [6.07, 6.45) is 25.3. The minimum Gasteiger partial charge on any atom is -0.476 e. The zero-order valence-electron chi connectivity index (χ0n) is 82.2. The van der Waals surface area contributed by atoms with E-state index in [0.717, 1.165) is 125 Å². The Morgan fingerprint density at radius 1 is 0.393 bits per heavy atom. The van der Waals surface area contributed by atoms with Gasteiger partial charge in [0.05, 0.1) is 78.1 Å². The first-order valence-electron chi connectivity index (χ1n) is 46.3. The number of fused-ring (bicyclic) bond motifs is 4. The maximum Gasteiger partial charge on any atom is 0.375 e. The number of benzene rings is 6. The Morgan fingerprint density at radius 3 is 0.986 bits per heavy atom. The number of Topliss-reactive ketones (excluding diaryl/α,β-unsaturated/α-hetero) is 3. The number of carbonyl (C=O) groups is 8. The lowest BCUT2D eigenvalue weighted by Gasteiger charge is -2.17. The van der Waals surface area contributed by atoms with E-state index in [2.05, 4.69) is 178 Å². The molecular formula is C110H115Br3N18O14. The molecule has 0 aliphatic carbocycles. The molecule has 18 aromatic rings. The number of aliphatic hydroxyl groups is 2. The summed E-state index contributed by atoms with van der Waals surface area (Å²) in [4.78, 5) is 92.5. The molecule has 32 nitrogen and oxygen atoms in total. The summed E-state index contributed by atoms with van der Waals surface area (Å²) in [6.45, 7) is 14.7. The molecule has 0 saturated heterocycles. The fourth-order valence-corrected chi connectivity index (χ4v) is 15.2. The number of ether oxygens (including phenoxy) is 3. The van der Waals surface area contributed by atoms with Crippen LogP contribution < -0.4 is 16.9 Å². The van der Waals surface area contributed by atoms with E-state index in [0.29, 0.717) is 62.5 Å². The smallest absolute Gasteiger partial charge is 0.375 e. The lowest BCUT2D eigenvalue weighted by molar-refractivity contribution is -0.154. The number of nitrogens with two attached hydrogens (primary N) is 2. The van der Waals surface area contributed by atoms with Crippen LogP contribution in [0.4, 0.5) is 0 Å². The van der Waals surface area contributed by atoms with E-state index in [1.54, 1.807) is 124 Å². The third-order valence-corrected chi connectivity index (χ3v) is 23.2. The summed E-state index contributed by atoms with van der Waals surface area (Å²) in [5.41, 5.74) is 25.3. The molecule has 0 atom stereocenters. The van der Waals surface area contributed by atoms with Gasteiger partial charge in [-0.3, -0.25) is 37.9 Å². The van der Waals surface area contributed by atoms with Crippen molar-refractivity contribution < 1.29 is 67.9 Å². The maximum absolute atomic E-state index is 12.6. The molecule has 12 aromatic heterocycles. The van der Waals surface area contributed by atoms with Gasteiger partial charge in [-0.05, 0) is 275 Å². The number of esters is 3. The number of carboxylic acids is 1. The molecule has 12 heterocycles. The molecule has 0 bridgehead atoms. The van der Waals surface area contributed by atoms with Crippen LogP contribution in [0.15, 0.2) is 318 Å². The number of nitrogens with one attached hydrogen (secondary N) is 1. The van der Waals surface area contributed by atoms with Crippen molar-refractivity contribution in [3.8, 4) is 33.4 Å². The number of carbonyl (C=O) groups excluding carboxylic acids is 7. The maximum atomic E-state index is 12.6. The molecular weight excluding hydrogens is 2040 g/mol. The summed E-state index contributed by atoms with van der Waals surface area (Å²) in [6, 6.07) is 74.5. The first-order chi connectivity index (χ1) is 69.3. The molecule has 18 rings (SSSR count). The van der Waals surface area contributed by atoms with Crippen molar-refractivity contribution in [2.75, 3.05) is 38.8 Å². The molecule has 750 valence electrons. The van der Waals surface area contributed by atoms with E-state index in [1.807, 2.05) is 204 Å². The Balaban J connectivity index is 0.000000164. The van der Waals surface area contributed by atoms with E-state index in [1.165, 1.54) is 10.2 Å². The van der Waals surface area contributed by atoms with Crippen molar-refractivity contribution in [2.45, 2.75) is 112 Å². The Bertz CT molecular complexity index is 7360. The first-order valence-corrected chi connectivity index (χ1v) is 48.7. The van der Waals surface area contributed by atoms with Crippen molar-refractivity contribution >= 4 is 117 Å². The topological polar surface area (TPSA) is 417 Å². The Morgan fingerprint density at radius 2 is 0.697 bits per heavy atom. The molecule has 0 saturated carbocycles. The normalized spacial score (nSPS) is 10.8. The van der Waals surface area contributed by atoms with Gasteiger partial charge in [0.2, 0.25) is 5.78 Å². The first kappa shape index (κ1) is 110. The fraction of sp³-hybridized carbons (Fsp3) is 0.227. The molecule has 0 unspecified atom stereocenters. The average molecular weight is 2150 g/mol. The fourth-order valence-electron chi connectivity index (χ4n) is 14.4. The summed E-state index contributed by atoms with van der Waals surface area (Å²) in [5.74, 6) is 1.24. The number of ketones is 3. The number of rotatable bonds is 28. The van der Waals surface area contributed by atoms with E-state index in [9.17, 15) is 48.6 Å². The zero-order valence-corrected chi connectivity index (χ0v) is 86.9. The SMILES string of the molecule is CC(=O)Cc1ccc(Br)cc1.CC(C)(O)CN.CCOC(=O)C(=O)CC(=O)Cc1ccc(Br)cc1.CCOC(=O)c1cc(Cc2ccc(-c3cnn(C)c3)cc2)c2cccn2n1.CCOC(=O)c1cc(Cc2ccc(Br)cc2)c2cccn2n1.Cn1cc(-c2ccc(Cc3cc(C(=O)NCC(C)(C)O)nn4cccc34)cc2)cn1.Cn1cc(-c2ccc(Cc3cc(C(=O)O)nn4cccc34)cc2)cn1.Nn1cccc1. The van der Waals surface area contributed by atoms with Crippen LogP contribution in [0, 0.1) is 0 Å². The van der Waals surface area contributed by atoms with Gasteiger partial charge in [0.15, 0.2) is 17.1 Å². The van der Waals surface area contributed by atoms with E-state index in [-0.39, 0.29) is 42.7 Å². The van der Waals surface area contributed by atoms with Crippen LogP contribution >= 0.6 is 47.8 Å². The number of nitrogens with zero attached hydrogens (tertiary/aromatic N) is 15. The number of nitrogen functional groups attached to an aromatic ring is 1. The predicted molar refractivity (Wildman–Crippen MR) is 567 cm³/mol. The minimum absolute atomic E-state index is 0.0469. The van der Waals surface area contributed by atoms with Crippen LogP contribution in [0.5, 0.6) is 0 Å². The molecule has 6 aromatic carbocycles.